The highest BCUT2D eigenvalue weighted by atomic mass is 32.1. The van der Waals surface area contributed by atoms with Gasteiger partial charge < -0.3 is 4.74 Å². The first kappa shape index (κ1) is 19.6. The second kappa shape index (κ2) is 10.3. The molecule has 3 rings (SSSR count). The summed E-state index contributed by atoms with van der Waals surface area (Å²) in [5.41, 5.74) is 3.81. The Morgan fingerprint density at radius 3 is 2.19 bits per heavy atom. The van der Waals surface area contributed by atoms with E-state index in [-0.39, 0.29) is 0 Å². The second-order valence-electron chi connectivity index (χ2n) is 6.97. The summed E-state index contributed by atoms with van der Waals surface area (Å²) < 4.78 is 5.23. The third kappa shape index (κ3) is 5.67. The molecule has 142 valence electrons. The van der Waals surface area contributed by atoms with Crippen molar-refractivity contribution in [1.29, 1.82) is 0 Å². The molecule has 0 aliphatic heterocycles. The molecule has 0 spiro atoms. The summed E-state index contributed by atoms with van der Waals surface area (Å²) in [4.78, 5) is 5.81. The predicted octanol–water partition coefficient (Wildman–Crippen LogP) is 7.39. The monoisotopic (exact) mass is 379 g/mol. The van der Waals surface area contributed by atoms with Crippen LogP contribution in [0.5, 0.6) is 5.75 Å². The van der Waals surface area contributed by atoms with Gasteiger partial charge in [0, 0.05) is 11.8 Å². The van der Waals surface area contributed by atoms with Crippen LogP contribution < -0.4 is 4.74 Å². The van der Waals surface area contributed by atoms with E-state index in [1.807, 2.05) is 18.3 Å². The lowest BCUT2D eigenvalue weighted by atomic mass is 10.0. The lowest BCUT2D eigenvalue weighted by Crippen LogP contribution is -1.86. The number of hydrogen-bond donors (Lipinski definition) is 0. The molecule has 0 radical (unpaired) electrons. The SMILES string of the molecule is CCCCCCCCc1ccc(-c2ncc(-c3ccc(OC)cc3)s2)cc1. The first-order valence-corrected chi connectivity index (χ1v) is 10.8. The Bertz CT molecular complexity index is 805. The molecule has 0 saturated heterocycles. The molecule has 3 aromatic rings. The van der Waals surface area contributed by atoms with Crippen molar-refractivity contribution in [3.8, 4) is 26.8 Å². The van der Waals surface area contributed by atoms with Gasteiger partial charge in [-0.05, 0) is 48.2 Å². The minimum absolute atomic E-state index is 0.879. The van der Waals surface area contributed by atoms with Crippen LogP contribution in [0.1, 0.15) is 51.0 Å². The highest BCUT2D eigenvalue weighted by Gasteiger charge is 2.07. The van der Waals surface area contributed by atoms with Gasteiger partial charge in [-0.3, -0.25) is 0 Å². The van der Waals surface area contributed by atoms with Gasteiger partial charge in [0.2, 0.25) is 0 Å². The van der Waals surface area contributed by atoms with E-state index in [4.69, 9.17) is 4.74 Å². The van der Waals surface area contributed by atoms with Crippen LogP contribution in [0.15, 0.2) is 54.7 Å². The van der Waals surface area contributed by atoms with E-state index in [0.717, 1.165) is 10.8 Å². The molecular formula is C24H29NOS. The van der Waals surface area contributed by atoms with E-state index >= 15 is 0 Å². The molecule has 2 aromatic carbocycles. The molecule has 0 bridgehead atoms. The number of aromatic nitrogens is 1. The summed E-state index contributed by atoms with van der Waals surface area (Å²) in [6.45, 7) is 2.27. The standard InChI is InChI=1S/C24H29NOS/c1-3-4-5-6-7-8-9-19-10-12-21(13-11-19)24-25-18-23(27-24)20-14-16-22(26-2)17-15-20/h10-18H,3-9H2,1-2H3. The van der Waals surface area contributed by atoms with E-state index in [1.54, 1.807) is 18.4 Å². The van der Waals surface area contributed by atoms with Gasteiger partial charge in [-0.25, -0.2) is 4.98 Å². The zero-order valence-corrected chi connectivity index (χ0v) is 17.2. The van der Waals surface area contributed by atoms with Gasteiger partial charge in [0.05, 0.1) is 12.0 Å². The Kier molecular flexibility index (Phi) is 7.46. The predicted molar refractivity (Wildman–Crippen MR) is 117 cm³/mol. The lowest BCUT2D eigenvalue weighted by molar-refractivity contribution is 0.415. The molecule has 1 aromatic heterocycles. The number of nitrogens with zero attached hydrogens (tertiary/aromatic N) is 1. The molecule has 3 heteroatoms. The number of benzene rings is 2. The maximum absolute atomic E-state index is 5.23. The minimum Gasteiger partial charge on any atom is -0.497 e. The van der Waals surface area contributed by atoms with Gasteiger partial charge in [0.25, 0.3) is 0 Å². The number of methoxy groups -OCH3 is 1. The van der Waals surface area contributed by atoms with Crippen LogP contribution in [0.2, 0.25) is 0 Å². The summed E-state index contributed by atoms with van der Waals surface area (Å²) >= 11 is 1.74. The lowest BCUT2D eigenvalue weighted by Gasteiger charge is -2.03. The number of aryl methyl sites for hydroxylation is 1. The molecule has 0 atom stereocenters. The summed E-state index contributed by atoms with van der Waals surface area (Å²) in [5.74, 6) is 0.879. The van der Waals surface area contributed by atoms with E-state index < -0.39 is 0 Å². The molecule has 0 N–H and O–H groups in total. The van der Waals surface area contributed by atoms with Crippen LogP contribution in [-0.2, 0) is 6.42 Å². The van der Waals surface area contributed by atoms with Crippen LogP contribution >= 0.6 is 11.3 Å². The van der Waals surface area contributed by atoms with Crippen LogP contribution in [0.3, 0.4) is 0 Å². The van der Waals surface area contributed by atoms with E-state index in [0.29, 0.717) is 0 Å². The average Bonchev–Trinajstić information content (AvgIpc) is 3.21. The van der Waals surface area contributed by atoms with Crippen LogP contribution in [0, 0.1) is 0 Å². The highest BCUT2D eigenvalue weighted by molar-refractivity contribution is 7.18. The molecule has 27 heavy (non-hydrogen) atoms. The van der Waals surface area contributed by atoms with Crippen molar-refractivity contribution in [2.24, 2.45) is 0 Å². The van der Waals surface area contributed by atoms with Crippen LogP contribution in [0.4, 0.5) is 0 Å². The summed E-state index contributed by atoms with van der Waals surface area (Å²) in [5, 5.41) is 1.08. The molecule has 0 aliphatic carbocycles. The number of rotatable bonds is 10. The first-order chi connectivity index (χ1) is 13.3. The normalized spacial score (nSPS) is 10.9. The fourth-order valence-corrected chi connectivity index (χ4v) is 4.15. The average molecular weight is 380 g/mol. The van der Waals surface area contributed by atoms with Crippen molar-refractivity contribution in [1.82, 2.24) is 4.98 Å². The van der Waals surface area contributed by atoms with E-state index in [9.17, 15) is 0 Å². The van der Waals surface area contributed by atoms with Crippen LogP contribution in [-0.4, -0.2) is 12.1 Å². The van der Waals surface area contributed by atoms with Crippen molar-refractivity contribution < 1.29 is 4.74 Å². The number of thiazole rings is 1. The zero-order chi connectivity index (χ0) is 18.9. The molecule has 0 fully saturated rings. The highest BCUT2D eigenvalue weighted by Crippen LogP contribution is 2.33. The van der Waals surface area contributed by atoms with Crippen LogP contribution in [0.25, 0.3) is 21.0 Å². The van der Waals surface area contributed by atoms with Gasteiger partial charge in [0.1, 0.15) is 10.8 Å². The molecule has 0 unspecified atom stereocenters. The quantitative estimate of drug-likeness (QED) is 0.343. The molecule has 0 aliphatic rings. The van der Waals surface area contributed by atoms with E-state index in [1.165, 1.54) is 66.5 Å². The van der Waals surface area contributed by atoms with Gasteiger partial charge in [-0.1, -0.05) is 63.3 Å². The van der Waals surface area contributed by atoms with Gasteiger partial charge in [0.15, 0.2) is 0 Å². The van der Waals surface area contributed by atoms with Crippen molar-refractivity contribution in [3.63, 3.8) is 0 Å². The molecule has 1 heterocycles. The van der Waals surface area contributed by atoms with Crippen molar-refractivity contribution >= 4 is 11.3 Å². The third-order valence-corrected chi connectivity index (χ3v) is 6.00. The Labute approximate surface area is 167 Å². The Balaban J connectivity index is 1.56. The number of hydrogen-bond acceptors (Lipinski definition) is 3. The summed E-state index contributed by atoms with van der Waals surface area (Å²) in [6, 6.07) is 17.1. The molecule has 0 saturated carbocycles. The van der Waals surface area contributed by atoms with Gasteiger partial charge in [-0.2, -0.15) is 0 Å². The number of unbranched alkanes of at least 4 members (excludes halogenated alkanes) is 5. The molecular weight excluding hydrogens is 350 g/mol. The topological polar surface area (TPSA) is 22.1 Å². The number of ether oxygens (including phenoxy) is 1. The molecule has 0 amide bonds. The van der Waals surface area contributed by atoms with Gasteiger partial charge in [-0.15, -0.1) is 11.3 Å². The first-order valence-electron chi connectivity index (χ1n) is 9.99. The fraction of sp³-hybridized carbons (Fsp3) is 0.375. The fourth-order valence-electron chi connectivity index (χ4n) is 3.22. The Morgan fingerprint density at radius 1 is 0.815 bits per heavy atom. The van der Waals surface area contributed by atoms with Crippen molar-refractivity contribution in [2.75, 3.05) is 7.11 Å². The summed E-state index contributed by atoms with van der Waals surface area (Å²) in [6.07, 6.45) is 11.2. The Morgan fingerprint density at radius 2 is 1.48 bits per heavy atom. The smallest absolute Gasteiger partial charge is 0.123 e. The van der Waals surface area contributed by atoms with Crippen molar-refractivity contribution in [3.05, 3.63) is 60.3 Å². The Hall–Kier alpha value is -2.13. The van der Waals surface area contributed by atoms with Crippen molar-refractivity contribution in [2.45, 2.75) is 51.9 Å². The molecule has 2 nitrogen and oxygen atoms in total. The second-order valence-corrected chi connectivity index (χ2v) is 8.00. The minimum atomic E-state index is 0.879. The maximum Gasteiger partial charge on any atom is 0.123 e. The summed E-state index contributed by atoms with van der Waals surface area (Å²) in [7, 11) is 1.69. The van der Waals surface area contributed by atoms with Gasteiger partial charge >= 0.3 is 0 Å². The maximum atomic E-state index is 5.23. The zero-order valence-electron chi connectivity index (χ0n) is 16.4. The van der Waals surface area contributed by atoms with E-state index in [2.05, 4.69) is 48.3 Å². The largest absolute Gasteiger partial charge is 0.497 e. The third-order valence-electron chi connectivity index (χ3n) is 4.90.